The summed E-state index contributed by atoms with van der Waals surface area (Å²) in [6, 6.07) is 8.64. The summed E-state index contributed by atoms with van der Waals surface area (Å²) in [6.07, 6.45) is 4.83. The van der Waals surface area contributed by atoms with Crippen molar-refractivity contribution in [2.24, 2.45) is 0 Å². The highest BCUT2D eigenvalue weighted by molar-refractivity contribution is 5.79. The van der Waals surface area contributed by atoms with Crippen LogP contribution in [0.1, 0.15) is 49.7 Å². The lowest BCUT2D eigenvalue weighted by atomic mass is 9.96. The first-order valence-electron chi connectivity index (χ1n) is 9.73. The molecule has 0 N–H and O–H groups in total. The van der Waals surface area contributed by atoms with Gasteiger partial charge in [-0.2, -0.15) is 0 Å². The van der Waals surface area contributed by atoms with Crippen molar-refractivity contribution in [3.05, 3.63) is 35.4 Å². The molecule has 2 atom stereocenters. The van der Waals surface area contributed by atoms with Gasteiger partial charge in [0.25, 0.3) is 0 Å². The van der Waals surface area contributed by atoms with Gasteiger partial charge in [0.05, 0.1) is 25.1 Å². The lowest BCUT2D eigenvalue weighted by molar-refractivity contribution is -0.139. The van der Waals surface area contributed by atoms with Crippen molar-refractivity contribution < 1.29 is 14.3 Å². The van der Waals surface area contributed by atoms with Gasteiger partial charge in [-0.15, -0.1) is 0 Å². The first-order valence-corrected chi connectivity index (χ1v) is 9.73. The van der Waals surface area contributed by atoms with Crippen molar-refractivity contribution in [3.63, 3.8) is 0 Å². The van der Waals surface area contributed by atoms with E-state index in [1.54, 1.807) is 7.11 Å². The lowest BCUT2D eigenvalue weighted by Gasteiger charge is -2.37. The SMILES string of the molecule is COCCC(=O)N1CC[C@H]2[C@H]1CCCCC(=O)N2Cc1cccc(C)c1. The fourth-order valence-electron chi connectivity index (χ4n) is 4.36. The second-order valence-corrected chi connectivity index (χ2v) is 7.51. The fraction of sp³-hybridized carbons (Fsp3) is 0.619. The van der Waals surface area contributed by atoms with Crippen LogP contribution in [-0.2, 0) is 20.9 Å². The zero-order chi connectivity index (χ0) is 18.5. The van der Waals surface area contributed by atoms with Crippen LogP contribution in [0.25, 0.3) is 0 Å². The van der Waals surface area contributed by atoms with E-state index < -0.39 is 0 Å². The molecule has 142 valence electrons. The van der Waals surface area contributed by atoms with E-state index in [2.05, 4.69) is 25.1 Å². The van der Waals surface area contributed by atoms with E-state index >= 15 is 0 Å². The average Bonchev–Trinajstić information content (AvgIpc) is 3.03. The molecule has 0 bridgehead atoms. The van der Waals surface area contributed by atoms with Crippen LogP contribution < -0.4 is 0 Å². The maximum atomic E-state index is 12.9. The normalized spacial score (nSPS) is 23.5. The Kier molecular flexibility index (Phi) is 6.30. The molecule has 2 aliphatic heterocycles. The van der Waals surface area contributed by atoms with E-state index in [-0.39, 0.29) is 23.9 Å². The molecular weight excluding hydrogens is 328 g/mol. The summed E-state index contributed by atoms with van der Waals surface area (Å²) in [5, 5.41) is 0. The molecule has 1 aromatic carbocycles. The van der Waals surface area contributed by atoms with Crippen LogP contribution in [0.3, 0.4) is 0 Å². The lowest BCUT2D eigenvalue weighted by Crippen LogP contribution is -2.49. The van der Waals surface area contributed by atoms with Crippen LogP contribution in [-0.4, -0.2) is 54.0 Å². The zero-order valence-electron chi connectivity index (χ0n) is 15.9. The molecule has 0 aromatic heterocycles. The third kappa shape index (κ3) is 4.26. The highest BCUT2D eigenvalue weighted by atomic mass is 16.5. The minimum atomic E-state index is 0.134. The van der Waals surface area contributed by atoms with E-state index in [1.807, 2.05) is 15.9 Å². The number of amides is 2. The second-order valence-electron chi connectivity index (χ2n) is 7.51. The molecule has 2 aliphatic rings. The largest absolute Gasteiger partial charge is 0.384 e. The quantitative estimate of drug-likeness (QED) is 0.813. The van der Waals surface area contributed by atoms with Crippen LogP contribution >= 0.6 is 0 Å². The Morgan fingerprint density at radius 3 is 2.85 bits per heavy atom. The molecule has 1 aromatic rings. The number of hydrogen-bond acceptors (Lipinski definition) is 3. The second kappa shape index (κ2) is 8.67. The molecule has 5 heteroatoms. The van der Waals surface area contributed by atoms with Crippen molar-refractivity contribution in [1.82, 2.24) is 9.80 Å². The minimum Gasteiger partial charge on any atom is -0.384 e. The van der Waals surface area contributed by atoms with Gasteiger partial charge in [0, 0.05) is 26.6 Å². The maximum absolute atomic E-state index is 12.9. The van der Waals surface area contributed by atoms with Crippen molar-refractivity contribution in [2.75, 3.05) is 20.3 Å². The van der Waals surface area contributed by atoms with Crippen LogP contribution in [0.4, 0.5) is 0 Å². The van der Waals surface area contributed by atoms with E-state index in [1.165, 1.54) is 11.1 Å². The summed E-state index contributed by atoms with van der Waals surface area (Å²) in [6.45, 7) is 3.92. The molecular formula is C21H30N2O3. The maximum Gasteiger partial charge on any atom is 0.225 e. The first-order chi connectivity index (χ1) is 12.6. The molecule has 2 heterocycles. The summed E-state index contributed by atoms with van der Waals surface area (Å²) >= 11 is 0. The number of fused-ring (bicyclic) bond motifs is 1. The van der Waals surface area contributed by atoms with Crippen LogP contribution in [0, 0.1) is 6.92 Å². The summed E-state index contributed by atoms with van der Waals surface area (Å²) in [7, 11) is 1.62. The zero-order valence-corrected chi connectivity index (χ0v) is 15.9. The highest BCUT2D eigenvalue weighted by Crippen LogP contribution is 2.31. The number of methoxy groups -OCH3 is 1. The average molecular weight is 358 g/mol. The van der Waals surface area contributed by atoms with Crippen molar-refractivity contribution in [3.8, 4) is 0 Å². The van der Waals surface area contributed by atoms with Crippen molar-refractivity contribution in [2.45, 2.75) is 64.1 Å². The van der Waals surface area contributed by atoms with Gasteiger partial charge in [0.1, 0.15) is 0 Å². The number of nitrogens with zero attached hydrogens (tertiary/aromatic N) is 2. The number of likely N-dealkylation sites (tertiary alicyclic amines) is 2. The summed E-state index contributed by atoms with van der Waals surface area (Å²) in [4.78, 5) is 29.5. The van der Waals surface area contributed by atoms with Gasteiger partial charge >= 0.3 is 0 Å². The predicted octanol–water partition coefficient (Wildman–Crippen LogP) is 2.90. The van der Waals surface area contributed by atoms with Crippen LogP contribution in [0.15, 0.2) is 24.3 Å². The molecule has 2 amide bonds. The van der Waals surface area contributed by atoms with Gasteiger partial charge in [-0.05, 0) is 31.7 Å². The molecule has 0 aliphatic carbocycles. The van der Waals surface area contributed by atoms with E-state index in [9.17, 15) is 9.59 Å². The van der Waals surface area contributed by atoms with Crippen molar-refractivity contribution in [1.29, 1.82) is 0 Å². The number of rotatable bonds is 5. The Morgan fingerprint density at radius 1 is 1.23 bits per heavy atom. The number of carbonyl (C=O) groups excluding carboxylic acids is 2. The number of hydrogen-bond donors (Lipinski definition) is 0. The fourth-order valence-corrected chi connectivity index (χ4v) is 4.36. The first kappa shape index (κ1) is 18.9. The Balaban J connectivity index is 1.79. The topological polar surface area (TPSA) is 49.9 Å². The predicted molar refractivity (Wildman–Crippen MR) is 101 cm³/mol. The van der Waals surface area contributed by atoms with Gasteiger partial charge in [0.2, 0.25) is 11.8 Å². The smallest absolute Gasteiger partial charge is 0.225 e. The van der Waals surface area contributed by atoms with Gasteiger partial charge in [0.15, 0.2) is 0 Å². The summed E-state index contributed by atoms with van der Waals surface area (Å²) in [5.74, 6) is 0.385. The van der Waals surface area contributed by atoms with E-state index in [0.717, 1.165) is 32.2 Å². The molecule has 0 radical (unpaired) electrons. The number of aryl methyl sites for hydroxylation is 1. The molecule has 0 unspecified atom stereocenters. The Morgan fingerprint density at radius 2 is 2.08 bits per heavy atom. The molecule has 26 heavy (non-hydrogen) atoms. The monoisotopic (exact) mass is 358 g/mol. The van der Waals surface area contributed by atoms with Crippen molar-refractivity contribution >= 4 is 11.8 Å². The Bertz CT molecular complexity index is 646. The van der Waals surface area contributed by atoms with Crippen LogP contribution in [0.5, 0.6) is 0 Å². The minimum absolute atomic E-state index is 0.134. The van der Waals surface area contributed by atoms with Gasteiger partial charge in [-0.25, -0.2) is 0 Å². The molecule has 3 rings (SSSR count). The van der Waals surface area contributed by atoms with E-state index in [4.69, 9.17) is 4.74 Å². The number of benzene rings is 1. The highest BCUT2D eigenvalue weighted by Gasteiger charge is 2.41. The standard InChI is InChI=1S/C21H30N2O3/c1-16-6-5-7-17(14-16)15-23-19-10-12-22(21(25)11-13-26-2)18(19)8-3-4-9-20(23)24/h5-7,14,18-19H,3-4,8-13,15H2,1-2H3/t18-,19+/m1/s1. The summed E-state index contributed by atoms with van der Waals surface area (Å²) < 4.78 is 5.07. The molecule has 5 nitrogen and oxygen atoms in total. The molecule has 2 fully saturated rings. The van der Waals surface area contributed by atoms with Gasteiger partial charge in [-0.3, -0.25) is 9.59 Å². The number of ether oxygens (including phenoxy) is 1. The third-order valence-electron chi connectivity index (χ3n) is 5.65. The number of carbonyl (C=O) groups is 2. The molecule has 0 spiro atoms. The van der Waals surface area contributed by atoms with Gasteiger partial charge < -0.3 is 14.5 Å². The van der Waals surface area contributed by atoms with E-state index in [0.29, 0.717) is 26.0 Å². The molecule has 2 saturated heterocycles. The van der Waals surface area contributed by atoms with Crippen LogP contribution in [0.2, 0.25) is 0 Å². The third-order valence-corrected chi connectivity index (χ3v) is 5.65. The summed E-state index contributed by atoms with van der Waals surface area (Å²) in [5.41, 5.74) is 2.38. The Hall–Kier alpha value is -1.88. The molecule has 0 saturated carbocycles. The Labute approximate surface area is 156 Å². The van der Waals surface area contributed by atoms with Gasteiger partial charge in [-0.1, -0.05) is 36.2 Å².